The number of aliphatic imine (C=N–C) groups is 1. The van der Waals surface area contributed by atoms with E-state index in [2.05, 4.69) is 44.1 Å². The van der Waals surface area contributed by atoms with E-state index in [0.717, 1.165) is 15.4 Å². The number of carbonyl (C=O) groups excluding carboxylic acids is 3. The van der Waals surface area contributed by atoms with Gasteiger partial charge in [0.15, 0.2) is 5.82 Å². The standard InChI is InChI=1S/C33H29N9O3S/c43-31(27(20-22-12-4-1-5-13-22)42(46)33(45)34-24-16-8-3-9-17-24)36-30-32(44)41(21-28-37-39-40-38-28)26-19-11-10-18-25(26)29(35-30)23-14-6-2-7-15-23/h1-19,27,30,46H,20-21H2,(H,34,45)(H,36,43)(H,37,38,39,40)/t27-,30+/m0/s1. The van der Waals surface area contributed by atoms with Gasteiger partial charge in [-0.15, -0.1) is 5.10 Å². The molecule has 0 saturated heterocycles. The highest BCUT2D eigenvalue weighted by atomic mass is 32.1. The molecule has 4 amide bonds. The highest BCUT2D eigenvalue weighted by Crippen LogP contribution is 2.29. The van der Waals surface area contributed by atoms with Crippen LogP contribution in [0.25, 0.3) is 0 Å². The normalized spacial score (nSPS) is 14.8. The summed E-state index contributed by atoms with van der Waals surface area (Å²) in [6.45, 7) is -0.00156. The minimum absolute atomic E-state index is 0.00156. The molecule has 46 heavy (non-hydrogen) atoms. The van der Waals surface area contributed by atoms with Gasteiger partial charge in [-0.25, -0.2) is 14.9 Å². The Morgan fingerprint density at radius 3 is 2.24 bits per heavy atom. The Morgan fingerprint density at radius 2 is 1.54 bits per heavy atom. The number of urea groups is 1. The topological polar surface area (TPSA) is 149 Å². The number of aromatic amines is 1. The molecule has 13 heteroatoms. The van der Waals surface area contributed by atoms with Crippen molar-refractivity contribution in [3.63, 3.8) is 0 Å². The lowest BCUT2D eigenvalue weighted by Gasteiger charge is -2.28. The maximum absolute atomic E-state index is 14.3. The van der Waals surface area contributed by atoms with Gasteiger partial charge in [0.2, 0.25) is 12.1 Å². The van der Waals surface area contributed by atoms with Crippen molar-refractivity contribution in [2.24, 2.45) is 4.99 Å². The molecule has 1 aromatic heterocycles. The highest BCUT2D eigenvalue weighted by molar-refractivity contribution is 7.78. The predicted octanol–water partition coefficient (Wildman–Crippen LogP) is 4.02. The third kappa shape index (κ3) is 6.79. The molecule has 4 aromatic carbocycles. The quantitative estimate of drug-likeness (QED) is 0.181. The van der Waals surface area contributed by atoms with Gasteiger partial charge in [-0.1, -0.05) is 110 Å². The van der Waals surface area contributed by atoms with Crippen molar-refractivity contribution in [1.29, 1.82) is 0 Å². The van der Waals surface area contributed by atoms with Crippen LogP contribution in [0.2, 0.25) is 0 Å². The van der Waals surface area contributed by atoms with Gasteiger partial charge in [-0.2, -0.15) is 0 Å². The number of anilines is 2. The van der Waals surface area contributed by atoms with Gasteiger partial charge < -0.3 is 15.5 Å². The SMILES string of the molecule is O=C(N[C@H]1N=C(c2ccccc2)c2ccccc2N(Cc2nnn[nH]2)C1=O)[C@H](Cc1ccccc1)N(S)C(=O)Nc1ccccc1. The van der Waals surface area contributed by atoms with Crippen molar-refractivity contribution < 1.29 is 14.4 Å². The van der Waals surface area contributed by atoms with Crippen molar-refractivity contribution >= 4 is 47.7 Å². The lowest BCUT2D eigenvalue weighted by Crippen LogP contribution is -2.54. The first-order chi connectivity index (χ1) is 22.5. The molecular weight excluding hydrogens is 602 g/mol. The maximum atomic E-state index is 14.3. The first-order valence-corrected chi connectivity index (χ1v) is 14.8. The number of amides is 4. The molecule has 0 radical (unpaired) electrons. The molecule has 6 rings (SSSR count). The summed E-state index contributed by atoms with van der Waals surface area (Å²) in [7, 11) is 0. The first kappa shape index (κ1) is 30.2. The monoisotopic (exact) mass is 631 g/mol. The first-order valence-electron chi connectivity index (χ1n) is 14.4. The van der Waals surface area contributed by atoms with E-state index in [0.29, 0.717) is 28.5 Å². The van der Waals surface area contributed by atoms with Gasteiger partial charge in [0.25, 0.3) is 5.91 Å². The Kier molecular flexibility index (Phi) is 9.11. The van der Waals surface area contributed by atoms with Crippen LogP contribution in [0.1, 0.15) is 22.5 Å². The van der Waals surface area contributed by atoms with Crippen LogP contribution in [-0.2, 0) is 22.6 Å². The van der Waals surface area contributed by atoms with E-state index >= 15 is 0 Å². The molecule has 3 N–H and O–H groups in total. The van der Waals surface area contributed by atoms with Gasteiger partial charge in [0, 0.05) is 23.2 Å². The fourth-order valence-electron chi connectivity index (χ4n) is 5.11. The summed E-state index contributed by atoms with van der Waals surface area (Å²) in [5.41, 5.74) is 3.85. The molecule has 12 nitrogen and oxygen atoms in total. The van der Waals surface area contributed by atoms with Gasteiger partial charge in [0.1, 0.15) is 6.04 Å². The molecule has 0 spiro atoms. The number of para-hydroxylation sites is 2. The van der Waals surface area contributed by atoms with Crippen LogP contribution in [-0.4, -0.2) is 60.7 Å². The Morgan fingerprint density at radius 1 is 0.891 bits per heavy atom. The molecule has 0 fully saturated rings. The number of rotatable bonds is 9. The van der Waals surface area contributed by atoms with Crippen LogP contribution in [0, 0.1) is 0 Å². The van der Waals surface area contributed by atoms with Crippen molar-refractivity contribution in [3.05, 3.63) is 138 Å². The number of hydrogen-bond donors (Lipinski definition) is 4. The molecule has 5 aromatic rings. The summed E-state index contributed by atoms with van der Waals surface area (Å²) in [6, 6.07) is 33.1. The number of benzene rings is 4. The van der Waals surface area contributed by atoms with Crippen LogP contribution >= 0.6 is 12.8 Å². The number of fused-ring (bicyclic) bond motifs is 1. The summed E-state index contributed by atoms with van der Waals surface area (Å²) < 4.78 is 1.03. The summed E-state index contributed by atoms with van der Waals surface area (Å²) in [4.78, 5) is 48.1. The third-order valence-electron chi connectivity index (χ3n) is 7.33. The van der Waals surface area contributed by atoms with Crippen molar-refractivity contribution in [2.45, 2.75) is 25.2 Å². The second kappa shape index (κ2) is 13.9. The number of nitrogens with one attached hydrogen (secondary N) is 3. The molecule has 230 valence electrons. The minimum Gasteiger partial charge on any atom is -0.325 e. The second-order valence-corrected chi connectivity index (χ2v) is 10.8. The molecule has 0 saturated carbocycles. The minimum atomic E-state index is -1.36. The van der Waals surface area contributed by atoms with Crippen LogP contribution in [0.15, 0.2) is 120 Å². The van der Waals surface area contributed by atoms with Gasteiger partial charge in [-0.3, -0.25) is 13.9 Å². The molecule has 1 aliphatic rings. The van der Waals surface area contributed by atoms with Crippen molar-refractivity contribution in [1.82, 2.24) is 30.2 Å². The Hall–Kier alpha value is -5.82. The lowest BCUT2D eigenvalue weighted by atomic mass is 10.0. The Labute approximate surface area is 270 Å². The van der Waals surface area contributed by atoms with Gasteiger partial charge in [0.05, 0.1) is 17.9 Å². The number of H-pyrrole nitrogens is 1. The van der Waals surface area contributed by atoms with E-state index in [9.17, 15) is 14.4 Å². The number of hydrogen-bond acceptors (Lipinski definition) is 8. The maximum Gasteiger partial charge on any atom is 0.332 e. The largest absolute Gasteiger partial charge is 0.332 e. The number of benzodiazepines with no additional fused rings is 1. The Balaban J connectivity index is 1.36. The van der Waals surface area contributed by atoms with Crippen LogP contribution in [0.3, 0.4) is 0 Å². The number of carbonyl (C=O) groups is 3. The van der Waals surface area contributed by atoms with E-state index < -0.39 is 30.1 Å². The molecule has 2 heterocycles. The number of nitrogens with zero attached hydrogens (tertiary/aromatic N) is 6. The fraction of sp³-hybridized carbons (Fsp3) is 0.121. The number of aromatic nitrogens is 4. The number of tetrazole rings is 1. The van der Waals surface area contributed by atoms with E-state index in [1.165, 1.54) is 4.90 Å². The van der Waals surface area contributed by atoms with E-state index in [-0.39, 0.29) is 13.0 Å². The highest BCUT2D eigenvalue weighted by Gasteiger charge is 2.36. The molecule has 0 unspecified atom stereocenters. The smallest absolute Gasteiger partial charge is 0.325 e. The van der Waals surface area contributed by atoms with E-state index in [1.54, 1.807) is 30.3 Å². The van der Waals surface area contributed by atoms with E-state index in [1.807, 2.05) is 84.9 Å². The molecule has 2 atom stereocenters. The van der Waals surface area contributed by atoms with Crippen LogP contribution in [0.5, 0.6) is 0 Å². The molecule has 1 aliphatic heterocycles. The summed E-state index contributed by atoms with van der Waals surface area (Å²) in [5, 5.41) is 19.5. The fourth-order valence-corrected chi connectivity index (χ4v) is 5.35. The average Bonchev–Trinajstić information content (AvgIpc) is 3.58. The second-order valence-electron chi connectivity index (χ2n) is 10.4. The molecule has 0 aliphatic carbocycles. The zero-order valence-electron chi connectivity index (χ0n) is 24.4. The van der Waals surface area contributed by atoms with Gasteiger partial charge in [-0.05, 0) is 34.2 Å². The van der Waals surface area contributed by atoms with Crippen molar-refractivity contribution in [3.8, 4) is 0 Å². The zero-order chi connectivity index (χ0) is 31.9. The predicted molar refractivity (Wildman–Crippen MR) is 176 cm³/mol. The number of thiol groups is 1. The van der Waals surface area contributed by atoms with Gasteiger partial charge >= 0.3 is 6.03 Å². The third-order valence-corrected chi connectivity index (χ3v) is 7.79. The van der Waals surface area contributed by atoms with Crippen LogP contribution in [0.4, 0.5) is 16.2 Å². The van der Waals surface area contributed by atoms with Crippen molar-refractivity contribution in [2.75, 3.05) is 10.2 Å². The van der Waals surface area contributed by atoms with Crippen LogP contribution < -0.4 is 15.5 Å². The lowest BCUT2D eigenvalue weighted by molar-refractivity contribution is -0.129. The van der Waals surface area contributed by atoms with E-state index in [4.69, 9.17) is 4.99 Å². The summed E-state index contributed by atoms with van der Waals surface area (Å²) in [6.07, 6.45) is -1.23. The Bertz CT molecular complexity index is 1840. The zero-order valence-corrected chi connectivity index (χ0v) is 25.3. The summed E-state index contributed by atoms with van der Waals surface area (Å²) >= 11 is 4.48. The average molecular weight is 632 g/mol. The molecular formula is C33H29N9O3S. The summed E-state index contributed by atoms with van der Waals surface area (Å²) in [5.74, 6) is -0.790. The molecule has 0 bridgehead atoms.